The fourth-order valence-corrected chi connectivity index (χ4v) is 1.82. The zero-order chi connectivity index (χ0) is 11.8. The second-order valence-corrected chi connectivity index (χ2v) is 4.29. The Morgan fingerprint density at radius 3 is 2.88 bits per heavy atom. The van der Waals surface area contributed by atoms with Crippen LogP contribution < -0.4 is 5.32 Å². The molecule has 3 nitrogen and oxygen atoms in total. The standard InChI is InChI=1S/C13H23N3/c1-4-14-12(2)11-16(3)10-8-13-7-5-6-9-15-13/h5-7,9,12,14H,4,8,10-11H2,1-3H3. The summed E-state index contributed by atoms with van der Waals surface area (Å²) in [4.78, 5) is 6.67. The van der Waals surface area contributed by atoms with Crippen LogP contribution in [0.1, 0.15) is 19.5 Å². The summed E-state index contributed by atoms with van der Waals surface area (Å²) in [7, 11) is 2.16. The van der Waals surface area contributed by atoms with Crippen molar-refractivity contribution in [3.8, 4) is 0 Å². The fraction of sp³-hybridized carbons (Fsp3) is 0.615. The Labute approximate surface area is 98.9 Å². The molecule has 1 unspecified atom stereocenters. The van der Waals surface area contributed by atoms with Crippen molar-refractivity contribution in [2.45, 2.75) is 26.3 Å². The summed E-state index contributed by atoms with van der Waals surface area (Å²) in [6, 6.07) is 6.64. The highest BCUT2D eigenvalue weighted by Gasteiger charge is 2.04. The van der Waals surface area contributed by atoms with E-state index in [1.165, 1.54) is 5.69 Å². The van der Waals surface area contributed by atoms with E-state index in [0.29, 0.717) is 6.04 Å². The van der Waals surface area contributed by atoms with Crippen molar-refractivity contribution in [3.05, 3.63) is 30.1 Å². The first-order valence-electron chi connectivity index (χ1n) is 6.04. The molecule has 0 saturated heterocycles. The monoisotopic (exact) mass is 221 g/mol. The maximum absolute atomic E-state index is 4.32. The van der Waals surface area contributed by atoms with E-state index in [0.717, 1.165) is 26.1 Å². The van der Waals surface area contributed by atoms with Gasteiger partial charge in [0.2, 0.25) is 0 Å². The molecule has 1 heterocycles. The molecule has 0 aliphatic carbocycles. The van der Waals surface area contributed by atoms with Gasteiger partial charge in [-0.15, -0.1) is 0 Å². The number of rotatable bonds is 7. The van der Waals surface area contributed by atoms with E-state index in [4.69, 9.17) is 0 Å². The first-order valence-corrected chi connectivity index (χ1v) is 6.04. The first-order chi connectivity index (χ1) is 7.72. The van der Waals surface area contributed by atoms with Gasteiger partial charge in [0, 0.05) is 37.4 Å². The van der Waals surface area contributed by atoms with Gasteiger partial charge in [-0.3, -0.25) is 4.98 Å². The van der Waals surface area contributed by atoms with Crippen LogP contribution in [0, 0.1) is 0 Å². The normalized spacial score (nSPS) is 13.0. The van der Waals surface area contributed by atoms with E-state index in [1.807, 2.05) is 18.3 Å². The Hall–Kier alpha value is -0.930. The van der Waals surface area contributed by atoms with Crippen LogP contribution in [0.15, 0.2) is 24.4 Å². The number of nitrogens with one attached hydrogen (secondary N) is 1. The van der Waals surface area contributed by atoms with Gasteiger partial charge in [-0.2, -0.15) is 0 Å². The van der Waals surface area contributed by atoms with Gasteiger partial charge in [0.1, 0.15) is 0 Å². The van der Waals surface area contributed by atoms with Gasteiger partial charge in [-0.1, -0.05) is 13.0 Å². The molecule has 0 aliphatic rings. The summed E-state index contributed by atoms with van der Waals surface area (Å²) in [5, 5.41) is 3.42. The van der Waals surface area contributed by atoms with Gasteiger partial charge in [0.25, 0.3) is 0 Å². The van der Waals surface area contributed by atoms with Crippen LogP contribution >= 0.6 is 0 Å². The van der Waals surface area contributed by atoms with Crippen molar-refractivity contribution in [2.24, 2.45) is 0 Å². The zero-order valence-corrected chi connectivity index (χ0v) is 10.6. The smallest absolute Gasteiger partial charge is 0.0416 e. The zero-order valence-electron chi connectivity index (χ0n) is 10.6. The molecule has 0 spiro atoms. The van der Waals surface area contributed by atoms with Gasteiger partial charge < -0.3 is 10.2 Å². The molecule has 90 valence electrons. The summed E-state index contributed by atoms with van der Waals surface area (Å²) in [5.74, 6) is 0. The van der Waals surface area contributed by atoms with Crippen LogP contribution in [0.25, 0.3) is 0 Å². The van der Waals surface area contributed by atoms with Gasteiger partial charge in [0.05, 0.1) is 0 Å². The van der Waals surface area contributed by atoms with Crippen molar-refractivity contribution in [2.75, 3.05) is 26.7 Å². The van der Waals surface area contributed by atoms with Crippen molar-refractivity contribution in [3.63, 3.8) is 0 Å². The van der Waals surface area contributed by atoms with Crippen molar-refractivity contribution in [1.29, 1.82) is 0 Å². The average molecular weight is 221 g/mol. The van der Waals surface area contributed by atoms with Crippen LogP contribution in [0.2, 0.25) is 0 Å². The topological polar surface area (TPSA) is 28.2 Å². The number of hydrogen-bond acceptors (Lipinski definition) is 3. The Kier molecular flexibility index (Phi) is 6.04. The second-order valence-electron chi connectivity index (χ2n) is 4.29. The third kappa shape index (κ3) is 5.24. The fourth-order valence-electron chi connectivity index (χ4n) is 1.82. The van der Waals surface area contributed by atoms with E-state index >= 15 is 0 Å². The molecule has 0 amide bonds. The largest absolute Gasteiger partial charge is 0.313 e. The molecular formula is C13H23N3. The highest BCUT2D eigenvalue weighted by atomic mass is 15.1. The molecule has 0 saturated carbocycles. The number of hydrogen-bond donors (Lipinski definition) is 1. The molecule has 0 radical (unpaired) electrons. The summed E-state index contributed by atoms with van der Waals surface area (Å²) < 4.78 is 0. The molecular weight excluding hydrogens is 198 g/mol. The molecule has 1 atom stereocenters. The van der Waals surface area contributed by atoms with E-state index < -0.39 is 0 Å². The predicted molar refractivity (Wildman–Crippen MR) is 68.6 cm³/mol. The lowest BCUT2D eigenvalue weighted by atomic mass is 10.2. The SMILES string of the molecule is CCNC(C)CN(C)CCc1ccccn1. The van der Waals surface area contributed by atoms with E-state index in [1.54, 1.807) is 0 Å². The quantitative estimate of drug-likeness (QED) is 0.757. The Bertz CT molecular complexity index is 274. The maximum Gasteiger partial charge on any atom is 0.0416 e. The molecule has 0 bridgehead atoms. The molecule has 1 N–H and O–H groups in total. The highest BCUT2D eigenvalue weighted by molar-refractivity contribution is 5.03. The van der Waals surface area contributed by atoms with Crippen LogP contribution in [-0.4, -0.2) is 42.6 Å². The third-order valence-corrected chi connectivity index (χ3v) is 2.61. The lowest BCUT2D eigenvalue weighted by Gasteiger charge is -2.21. The van der Waals surface area contributed by atoms with Crippen LogP contribution in [0.4, 0.5) is 0 Å². The van der Waals surface area contributed by atoms with Crippen molar-refractivity contribution in [1.82, 2.24) is 15.2 Å². The summed E-state index contributed by atoms with van der Waals surface area (Å²) in [5.41, 5.74) is 1.17. The minimum Gasteiger partial charge on any atom is -0.313 e. The van der Waals surface area contributed by atoms with Crippen molar-refractivity contribution < 1.29 is 0 Å². The predicted octanol–water partition coefficient (Wildman–Crippen LogP) is 1.55. The molecule has 0 aromatic carbocycles. The maximum atomic E-state index is 4.32. The minimum absolute atomic E-state index is 0.554. The van der Waals surface area contributed by atoms with Crippen LogP contribution in [0.5, 0.6) is 0 Å². The third-order valence-electron chi connectivity index (χ3n) is 2.61. The lowest BCUT2D eigenvalue weighted by Crippen LogP contribution is -2.38. The van der Waals surface area contributed by atoms with Crippen molar-refractivity contribution >= 4 is 0 Å². The van der Waals surface area contributed by atoms with Gasteiger partial charge in [0.15, 0.2) is 0 Å². The molecule has 0 aliphatic heterocycles. The van der Waals surface area contributed by atoms with E-state index in [9.17, 15) is 0 Å². The molecule has 1 aromatic heterocycles. The summed E-state index contributed by atoms with van der Waals surface area (Å²) in [6.45, 7) is 7.55. The number of aromatic nitrogens is 1. The average Bonchev–Trinajstić information content (AvgIpc) is 2.28. The van der Waals surface area contributed by atoms with Gasteiger partial charge in [-0.25, -0.2) is 0 Å². The minimum atomic E-state index is 0.554. The molecule has 1 rings (SSSR count). The highest BCUT2D eigenvalue weighted by Crippen LogP contribution is 1.97. The molecule has 3 heteroatoms. The van der Waals surface area contributed by atoms with Gasteiger partial charge >= 0.3 is 0 Å². The number of nitrogens with zero attached hydrogens (tertiary/aromatic N) is 2. The summed E-state index contributed by atoms with van der Waals surface area (Å²) in [6.07, 6.45) is 2.88. The molecule has 1 aromatic rings. The van der Waals surface area contributed by atoms with E-state index in [2.05, 4.69) is 42.2 Å². The Morgan fingerprint density at radius 2 is 2.25 bits per heavy atom. The second kappa shape index (κ2) is 7.36. The van der Waals surface area contributed by atoms with Crippen LogP contribution in [-0.2, 0) is 6.42 Å². The first kappa shape index (κ1) is 13.1. The van der Waals surface area contributed by atoms with Gasteiger partial charge in [-0.05, 0) is 32.6 Å². The number of likely N-dealkylation sites (N-methyl/N-ethyl adjacent to an activating group) is 2. The van der Waals surface area contributed by atoms with E-state index in [-0.39, 0.29) is 0 Å². The molecule has 0 fully saturated rings. The number of pyridine rings is 1. The Balaban J connectivity index is 2.22. The van der Waals surface area contributed by atoms with Crippen LogP contribution in [0.3, 0.4) is 0 Å². The summed E-state index contributed by atoms with van der Waals surface area (Å²) >= 11 is 0. The lowest BCUT2D eigenvalue weighted by molar-refractivity contribution is 0.301. The Morgan fingerprint density at radius 1 is 1.44 bits per heavy atom. The molecule has 16 heavy (non-hydrogen) atoms.